The lowest BCUT2D eigenvalue weighted by Crippen LogP contribution is -2.41. The minimum atomic E-state index is -0.866. The molecule has 0 bridgehead atoms. The maximum Gasteiger partial charge on any atom is 0.415 e. The van der Waals surface area contributed by atoms with Gasteiger partial charge in [0.1, 0.15) is 11.6 Å². The predicted molar refractivity (Wildman–Crippen MR) is 138 cm³/mol. The highest BCUT2D eigenvalue weighted by molar-refractivity contribution is 7.71. The number of rotatable bonds is 8. The van der Waals surface area contributed by atoms with E-state index in [1.807, 2.05) is 13.8 Å². The zero-order chi connectivity index (χ0) is 26.5. The second kappa shape index (κ2) is 11.5. The summed E-state index contributed by atoms with van der Waals surface area (Å²) >= 11 is 5.31. The van der Waals surface area contributed by atoms with E-state index >= 15 is 0 Å². The number of pyridine rings is 1. The summed E-state index contributed by atoms with van der Waals surface area (Å²) in [6, 6.07) is 10.3. The van der Waals surface area contributed by atoms with Crippen LogP contribution in [-0.4, -0.2) is 61.4 Å². The fourth-order valence-electron chi connectivity index (χ4n) is 4.16. The molecule has 3 N–H and O–H groups in total. The quantitative estimate of drug-likeness (QED) is 0.361. The fourth-order valence-corrected chi connectivity index (χ4v) is 4.45. The molecule has 0 radical (unpaired) electrons. The van der Waals surface area contributed by atoms with Gasteiger partial charge in [-0.25, -0.2) is 14.3 Å². The third kappa shape index (κ3) is 6.48. The first kappa shape index (κ1) is 26.2. The molecular weight excluding hydrogens is 496 g/mol. The molecule has 3 aromatic rings. The highest BCUT2D eigenvalue weighted by Gasteiger charge is 2.25. The second-order valence-electron chi connectivity index (χ2n) is 9.33. The van der Waals surface area contributed by atoms with E-state index in [9.17, 15) is 14.7 Å². The van der Waals surface area contributed by atoms with Crippen LogP contribution in [0.4, 0.5) is 4.79 Å². The Bertz CT molecular complexity index is 1290. The van der Waals surface area contributed by atoms with E-state index in [1.54, 1.807) is 41.3 Å². The summed E-state index contributed by atoms with van der Waals surface area (Å²) < 4.78 is 13.1. The average Bonchev–Trinajstić information content (AvgIpc) is 3.18. The van der Waals surface area contributed by atoms with Crippen LogP contribution in [0.3, 0.4) is 0 Å². The molecule has 0 spiro atoms. The number of likely N-dealkylation sites (tertiary alicyclic amines) is 1. The topological polar surface area (TPSA) is 130 Å². The monoisotopic (exact) mass is 526 g/mol. The van der Waals surface area contributed by atoms with Gasteiger partial charge in [0.25, 0.3) is 0 Å². The number of carboxylic acid groups (broad SMARTS) is 1. The van der Waals surface area contributed by atoms with Gasteiger partial charge in [-0.1, -0.05) is 26.0 Å². The maximum absolute atomic E-state index is 12.6. The van der Waals surface area contributed by atoms with Crippen molar-refractivity contribution in [3.05, 3.63) is 58.6 Å². The number of ether oxygens (including phenoxy) is 2. The summed E-state index contributed by atoms with van der Waals surface area (Å²) in [5.74, 6) is 0.934. The van der Waals surface area contributed by atoms with Gasteiger partial charge in [0.2, 0.25) is 5.88 Å². The van der Waals surface area contributed by atoms with Gasteiger partial charge < -0.3 is 29.6 Å². The molecule has 1 aliphatic rings. The molecule has 1 aliphatic heterocycles. The second-order valence-corrected chi connectivity index (χ2v) is 9.72. The van der Waals surface area contributed by atoms with Crippen LogP contribution in [0.15, 0.2) is 42.6 Å². The van der Waals surface area contributed by atoms with Crippen LogP contribution in [0.25, 0.3) is 5.82 Å². The molecule has 1 fully saturated rings. The SMILES string of the molecule is CC(C)c1[nH]c(=S)n(-c2ccc(OC(=O)N3CCC(COc4ccc(CC(=O)O)cc4)CC3)cn2)c1O. The van der Waals surface area contributed by atoms with Gasteiger partial charge >= 0.3 is 12.1 Å². The molecule has 0 aliphatic carbocycles. The number of carbonyl (C=O) groups is 2. The molecule has 11 heteroatoms. The van der Waals surface area contributed by atoms with Crippen molar-refractivity contribution in [2.45, 2.75) is 39.0 Å². The Labute approximate surface area is 219 Å². The van der Waals surface area contributed by atoms with Crippen molar-refractivity contribution >= 4 is 24.3 Å². The first-order valence-corrected chi connectivity index (χ1v) is 12.5. The summed E-state index contributed by atoms with van der Waals surface area (Å²) in [7, 11) is 0. The largest absolute Gasteiger partial charge is 0.493 e. The highest BCUT2D eigenvalue weighted by atomic mass is 32.1. The standard InChI is InChI=1S/C26H30N4O6S/c1-16(2)23-24(33)30(25(37)28-23)21-8-7-20(14-27-21)36-26(34)29-11-9-18(10-12-29)15-35-19-5-3-17(4-6-19)13-22(31)32/h3-8,14,16,18,33H,9-13,15H2,1-2H3,(H,28,37)(H,31,32). The maximum atomic E-state index is 12.6. The van der Waals surface area contributed by atoms with Crippen LogP contribution in [0.1, 0.15) is 43.9 Å². The Morgan fingerprint density at radius 1 is 1.14 bits per heavy atom. The van der Waals surface area contributed by atoms with Crippen LogP contribution >= 0.6 is 12.2 Å². The summed E-state index contributed by atoms with van der Waals surface area (Å²) in [5.41, 5.74) is 1.35. The van der Waals surface area contributed by atoms with Crippen LogP contribution in [0, 0.1) is 10.7 Å². The van der Waals surface area contributed by atoms with Gasteiger partial charge in [0.05, 0.1) is 24.9 Å². The molecule has 0 unspecified atom stereocenters. The number of nitrogens with one attached hydrogen (secondary N) is 1. The summed E-state index contributed by atoms with van der Waals surface area (Å²) in [4.78, 5) is 32.4. The number of hydrogen-bond donors (Lipinski definition) is 3. The molecule has 196 valence electrons. The number of hydrogen-bond acceptors (Lipinski definition) is 7. The van der Waals surface area contributed by atoms with E-state index in [1.165, 1.54) is 10.8 Å². The predicted octanol–water partition coefficient (Wildman–Crippen LogP) is 4.68. The molecule has 10 nitrogen and oxygen atoms in total. The van der Waals surface area contributed by atoms with Gasteiger partial charge in [-0.15, -0.1) is 0 Å². The third-order valence-corrected chi connectivity index (χ3v) is 6.55. The minimum Gasteiger partial charge on any atom is -0.493 e. The Morgan fingerprint density at radius 2 is 1.81 bits per heavy atom. The van der Waals surface area contributed by atoms with Crippen molar-refractivity contribution in [2.75, 3.05) is 19.7 Å². The molecule has 0 atom stereocenters. The van der Waals surface area contributed by atoms with Crippen molar-refractivity contribution in [3.8, 4) is 23.2 Å². The molecule has 37 heavy (non-hydrogen) atoms. The molecule has 0 saturated carbocycles. The number of amides is 1. The number of carboxylic acids is 1. The number of aromatic hydroxyl groups is 1. The summed E-state index contributed by atoms with van der Waals surface area (Å²) in [5, 5.41) is 19.3. The number of imidazole rings is 1. The molecule has 2 aromatic heterocycles. The zero-order valence-corrected chi connectivity index (χ0v) is 21.5. The average molecular weight is 527 g/mol. The lowest BCUT2D eigenvalue weighted by atomic mass is 9.98. The third-order valence-electron chi connectivity index (χ3n) is 6.27. The number of aliphatic carboxylic acids is 1. The summed E-state index contributed by atoms with van der Waals surface area (Å²) in [6.07, 6.45) is 2.54. The van der Waals surface area contributed by atoms with E-state index in [0.29, 0.717) is 53.4 Å². The Morgan fingerprint density at radius 3 is 2.38 bits per heavy atom. The fraction of sp³-hybridized carbons (Fsp3) is 0.385. The lowest BCUT2D eigenvalue weighted by Gasteiger charge is -2.31. The van der Waals surface area contributed by atoms with E-state index < -0.39 is 12.1 Å². The number of carbonyl (C=O) groups excluding carboxylic acids is 1. The molecule has 3 heterocycles. The van der Waals surface area contributed by atoms with Crippen LogP contribution < -0.4 is 9.47 Å². The Kier molecular flexibility index (Phi) is 8.12. The molecule has 1 aromatic carbocycles. The summed E-state index contributed by atoms with van der Waals surface area (Å²) in [6.45, 7) is 5.53. The van der Waals surface area contributed by atoms with Gasteiger partial charge in [-0.2, -0.15) is 0 Å². The van der Waals surface area contributed by atoms with E-state index in [-0.39, 0.29) is 18.2 Å². The molecule has 1 saturated heterocycles. The normalized spacial score (nSPS) is 14.1. The van der Waals surface area contributed by atoms with Crippen LogP contribution in [0.5, 0.6) is 17.4 Å². The van der Waals surface area contributed by atoms with Gasteiger partial charge in [0.15, 0.2) is 10.5 Å². The van der Waals surface area contributed by atoms with Crippen molar-refractivity contribution in [1.82, 2.24) is 19.4 Å². The van der Waals surface area contributed by atoms with Gasteiger partial charge in [0, 0.05) is 13.1 Å². The van der Waals surface area contributed by atoms with Crippen molar-refractivity contribution in [3.63, 3.8) is 0 Å². The van der Waals surface area contributed by atoms with Gasteiger partial charge in [-0.05, 0) is 66.7 Å². The number of benzene rings is 1. The smallest absolute Gasteiger partial charge is 0.415 e. The number of aromatic nitrogens is 3. The Hall–Kier alpha value is -3.86. The van der Waals surface area contributed by atoms with E-state index in [2.05, 4.69) is 9.97 Å². The number of nitrogens with zero attached hydrogens (tertiary/aromatic N) is 3. The zero-order valence-electron chi connectivity index (χ0n) is 20.7. The van der Waals surface area contributed by atoms with Crippen molar-refractivity contribution in [2.24, 2.45) is 5.92 Å². The lowest BCUT2D eigenvalue weighted by molar-refractivity contribution is -0.136. The van der Waals surface area contributed by atoms with E-state index in [4.69, 9.17) is 26.8 Å². The van der Waals surface area contributed by atoms with Crippen molar-refractivity contribution < 1.29 is 29.3 Å². The molecule has 1 amide bonds. The van der Waals surface area contributed by atoms with Crippen LogP contribution in [0.2, 0.25) is 0 Å². The van der Waals surface area contributed by atoms with E-state index in [0.717, 1.165) is 18.4 Å². The van der Waals surface area contributed by atoms with Crippen molar-refractivity contribution in [1.29, 1.82) is 0 Å². The number of H-pyrrole nitrogens is 1. The first-order valence-electron chi connectivity index (χ1n) is 12.1. The molecular formula is C26H30N4O6S. The minimum absolute atomic E-state index is 0.0132. The Balaban J connectivity index is 1.25. The highest BCUT2D eigenvalue weighted by Crippen LogP contribution is 2.28. The van der Waals surface area contributed by atoms with Crippen LogP contribution in [-0.2, 0) is 11.2 Å². The van der Waals surface area contributed by atoms with Gasteiger partial charge in [-0.3, -0.25) is 4.79 Å². The molecule has 4 rings (SSSR count). The first-order chi connectivity index (χ1) is 17.7. The number of piperidine rings is 1. The number of aromatic amines is 1.